The molecule has 0 bridgehead atoms. The number of hydrogen-bond acceptors (Lipinski definition) is 4. The van der Waals surface area contributed by atoms with Crippen molar-refractivity contribution in [1.29, 1.82) is 0 Å². The number of ether oxygens (including phenoxy) is 1. The Morgan fingerprint density at radius 3 is 2.90 bits per heavy atom. The first-order valence-corrected chi connectivity index (χ1v) is 6.63. The Morgan fingerprint density at radius 2 is 2.20 bits per heavy atom. The molecule has 108 valence electrons. The second kappa shape index (κ2) is 7.02. The van der Waals surface area contributed by atoms with Crippen LogP contribution in [-0.4, -0.2) is 44.7 Å². The molecule has 1 atom stereocenters. The maximum absolute atomic E-state index is 12.0. The molecule has 1 aliphatic rings. The second-order valence-electron chi connectivity index (χ2n) is 4.60. The summed E-state index contributed by atoms with van der Waals surface area (Å²) >= 11 is 0. The van der Waals surface area contributed by atoms with E-state index >= 15 is 0 Å². The molecule has 0 radical (unpaired) electrons. The quantitative estimate of drug-likeness (QED) is 0.742. The Balaban J connectivity index is 1.98. The van der Waals surface area contributed by atoms with Crippen LogP contribution in [0.15, 0.2) is 24.3 Å². The van der Waals surface area contributed by atoms with Crippen LogP contribution >= 0.6 is 0 Å². The lowest BCUT2D eigenvalue weighted by molar-refractivity contribution is -0.117. The van der Waals surface area contributed by atoms with Gasteiger partial charge in [-0.25, -0.2) is 0 Å². The lowest BCUT2D eigenvalue weighted by Gasteiger charge is -2.23. The molecule has 1 aliphatic heterocycles. The molecule has 1 unspecified atom stereocenters. The maximum Gasteiger partial charge on any atom is 0.253 e. The van der Waals surface area contributed by atoms with Crippen molar-refractivity contribution in [3.05, 3.63) is 29.8 Å². The van der Waals surface area contributed by atoms with Crippen molar-refractivity contribution in [2.75, 3.05) is 32.1 Å². The van der Waals surface area contributed by atoms with E-state index in [-0.39, 0.29) is 17.9 Å². The van der Waals surface area contributed by atoms with E-state index in [0.29, 0.717) is 30.9 Å². The van der Waals surface area contributed by atoms with Crippen molar-refractivity contribution in [3.8, 4) is 0 Å². The zero-order valence-corrected chi connectivity index (χ0v) is 11.4. The average Bonchev–Trinajstić information content (AvgIpc) is 2.48. The van der Waals surface area contributed by atoms with Gasteiger partial charge in [0.15, 0.2) is 0 Å². The van der Waals surface area contributed by atoms with Crippen LogP contribution in [0.4, 0.5) is 5.69 Å². The maximum atomic E-state index is 12.0. The third-order valence-electron chi connectivity index (χ3n) is 3.10. The molecule has 0 aromatic heterocycles. The fraction of sp³-hybridized carbons (Fsp3) is 0.429. The van der Waals surface area contributed by atoms with Gasteiger partial charge in [0.2, 0.25) is 5.91 Å². The molecule has 1 saturated heterocycles. The summed E-state index contributed by atoms with van der Waals surface area (Å²) in [5, 5.41) is 8.55. The van der Waals surface area contributed by atoms with Crippen LogP contribution in [0.2, 0.25) is 0 Å². The molecule has 6 heteroatoms. The molecular weight excluding hydrogens is 258 g/mol. The number of nitrogens with one attached hydrogen (secondary N) is 3. The van der Waals surface area contributed by atoms with Gasteiger partial charge in [-0.15, -0.1) is 0 Å². The van der Waals surface area contributed by atoms with Crippen LogP contribution in [0.5, 0.6) is 0 Å². The van der Waals surface area contributed by atoms with Crippen LogP contribution in [-0.2, 0) is 9.53 Å². The highest BCUT2D eigenvalue weighted by molar-refractivity contribution is 6.03. The molecule has 3 N–H and O–H groups in total. The fourth-order valence-electron chi connectivity index (χ4n) is 2.10. The van der Waals surface area contributed by atoms with Crippen LogP contribution < -0.4 is 16.0 Å². The summed E-state index contributed by atoms with van der Waals surface area (Å²) in [6.45, 7) is 1.97. The number of amides is 2. The summed E-state index contributed by atoms with van der Waals surface area (Å²) in [4.78, 5) is 23.7. The molecule has 0 saturated carbocycles. The third-order valence-corrected chi connectivity index (χ3v) is 3.10. The van der Waals surface area contributed by atoms with Crippen molar-refractivity contribution in [3.63, 3.8) is 0 Å². The van der Waals surface area contributed by atoms with Gasteiger partial charge >= 0.3 is 0 Å². The van der Waals surface area contributed by atoms with Gasteiger partial charge in [-0.3, -0.25) is 9.59 Å². The molecular formula is C14H19N3O3. The van der Waals surface area contributed by atoms with E-state index in [4.69, 9.17) is 4.74 Å². The van der Waals surface area contributed by atoms with Gasteiger partial charge in [0, 0.05) is 26.1 Å². The van der Waals surface area contributed by atoms with Crippen molar-refractivity contribution in [1.82, 2.24) is 10.6 Å². The minimum Gasteiger partial charge on any atom is -0.378 e. The fourth-order valence-corrected chi connectivity index (χ4v) is 2.10. The van der Waals surface area contributed by atoms with Crippen molar-refractivity contribution in [2.45, 2.75) is 12.5 Å². The summed E-state index contributed by atoms with van der Waals surface area (Å²) in [6, 6.07) is 6.96. The Kier molecular flexibility index (Phi) is 5.09. The van der Waals surface area contributed by atoms with Crippen LogP contribution in [0, 0.1) is 0 Å². The number of benzene rings is 1. The molecule has 1 aromatic rings. The van der Waals surface area contributed by atoms with E-state index in [1.165, 1.54) is 0 Å². The molecule has 1 aromatic carbocycles. The smallest absolute Gasteiger partial charge is 0.253 e. The first-order valence-electron chi connectivity index (χ1n) is 6.63. The van der Waals surface area contributed by atoms with E-state index in [0.717, 1.165) is 6.54 Å². The molecule has 6 nitrogen and oxygen atoms in total. The highest BCUT2D eigenvalue weighted by atomic mass is 16.5. The molecule has 1 fully saturated rings. The highest BCUT2D eigenvalue weighted by Crippen LogP contribution is 2.15. The van der Waals surface area contributed by atoms with Gasteiger partial charge in [0.05, 0.1) is 24.5 Å². The largest absolute Gasteiger partial charge is 0.378 e. The van der Waals surface area contributed by atoms with E-state index in [9.17, 15) is 9.59 Å². The van der Waals surface area contributed by atoms with Gasteiger partial charge in [0.1, 0.15) is 0 Å². The van der Waals surface area contributed by atoms with Crippen LogP contribution in [0.1, 0.15) is 16.8 Å². The predicted octanol–water partition coefficient (Wildman–Crippen LogP) is 0.363. The average molecular weight is 277 g/mol. The summed E-state index contributed by atoms with van der Waals surface area (Å²) in [5.41, 5.74) is 0.977. The number of hydrogen-bond donors (Lipinski definition) is 3. The lowest BCUT2D eigenvalue weighted by Crippen LogP contribution is -2.43. The number of anilines is 1. The molecule has 2 rings (SSSR count). The van der Waals surface area contributed by atoms with Crippen LogP contribution in [0.25, 0.3) is 0 Å². The normalized spacial score (nSPS) is 18.4. The van der Waals surface area contributed by atoms with E-state index in [1.807, 2.05) is 0 Å². The van der Waals surface area contributed by atoms with Crippen molar-refractivity contribution in [2.24, 2.45) is 0 Å². The van der Waals surface area contributed by atoms with Crippen molar-refractivity contribution >= 4 is 17.5 Å². The highest BCUT2D eigenvalue weighted by Gasteiger charge is 2.18. The number of para-hydroxylation sites is 1. The third kappa shape index (κ3) is 3.79. The number of rotatable bonds is 4. The molecule has 0 aliphatic carbocycles. The first kappa shape index (κ1) is 14.5. The monoisotopic (exact) mass is 277 g/mol. The van der Waals surface area contributed by atoms with E-state index < -0.39 is 0 Å². The minimum atomic E-state index is -0.222. The standard InChI is InChI=1S/C14H19N3O3/c1-15-14(19)11-4-2-3-5-12(11)17-13(18)8-10-9-20-7-6-16-10/h2-5,10,16H,6-9H2,1H3,(H,15,19)(H,17,18). The molecule has 0 spiro atoms. The Bertz CT molecular complexity index is 484. The van der Waals surface area contributed by atoms with E-state index in [2.05, 4.69) is 16.0 Å². The summed E-state index contributed by atoms with van der Waals surface area (Å²) in [7, 11) is 1.56. The molecule has 2 amide bonds. The Labute approximate surface area is 117 Å². The Morgan fingerprint density at radius 1 is 1.40 bits per heavy atom. The minimum absolute atomic E-state index is 0.0240. The topological polar surface area (TPSA) is 79.5 Å². The molecule has 1 heterocycles. The van der Waals surface area contributed by atoms with Gasteiger partial charge in [-0.05, 0) is 12.1 Å². The second-order valence-corrected chi connectivity index (χ2v) is 4.60. The zero-order valence-electron chi connectivity index (χ0n) is 11.4. The predicted molar refractivity (Wildman–Crippen MR) is 75.7 cm³/mol. The van der Waals surface area contributed by atoms with Gasteiger partial charge in [-0.2, -0.15) is 0 Å². The lowest BCUT2D eigenvalue weighted by atomic mass is 10.1. The summed E-state index contributed by atoms with van der Waals surface area (Å²) < 4.78 is 5.31. The summed E-state index contributed by atoms with van der Waals surface area (Å²) in [5.74, 6) is -0.357. The van der Waals surface area contributed by atoms with Gasteiger partial charge < -0.3 is 20.7 Å². The first-order chi connectivity index (χ1) is 9.70. The van der Waals surface area contributed by atoms with Crippen molar-refractivity contribution < 1.29 is 14.3 Å². The van der Waals surface area contributed by atoms with Crippen LogP contribution in [0.3, 0.4) is 0 Å². The van der Waals surface area contributed by atoms with E-state index in [1.54, 1.807) is 31.3 Å². The number of morpholine rings is 1. The SMILES string of the molecule is CNC(=O)c1ccccc1NC(=O)CC1COCCN1. The number of carbonyl (C=O) groups excluding carboxylic acids is 2. The van der Waals surface area contributed by atoms with Gasteiger partial charge in [0.25, 0.3) is 5.91 Å². The number of carbonyl (C=O) groups is 2. The zero-order chi connectivity index (χ0) is 14.4. The summed E-state index contributed by atoms with van der Waals surface area (Å²) in [6.07, 6.45) is 0.322. The molecule has 20 heavy (non-hydrogen) atoms. The van der Waals surface area contributed by atoms with Gasteiger partial charge in [-0.1, -0.05) is 12.1 Å². The Hall–Kier alpha value is -1.92.